The molecule has 0 radical (unpaired) electrons. The van der Waals surface area contributed by atoms with Crippen LogP contribution in [0.3, 0.4) is 0 Å². The van der Waals surface area contributed by atoms with Gasteiger partial charge in [-0.15, -0.1) is 0 Å². The van der Waals surface area contributed by atoms with Crippen LogP contribution in [-0.4, -0.2) is 53.5 Å². The largest absolute Gasteiger partial charge is 0.369 e. The first kappa shape index (κ1) is 21.8. The molecule has 3 aromatic rings. The molecular weight excluding hydrogens is 403 g/mol. The standard InChI is InChI=1S/C26H27FN4O/c1-19-4-5-22(15-21(19)6-7-24-17-28-18-30(24)3)26(32)14-20-12-23(27)16-25(13-20)31-10-8-29(2)9-11-31/h4-5,12-13,15-18H,8-11,14H2,1-3H3. The molecular formula is C26H27FN4O. The number of halogens is 1. The zero-order chi connectivity index (χ0) is 22.7. The predicted octanol–water partition coefficient (Wildman–Crippen LogP) is 3.44. The third-order valence-corrected chi connectivity index (χ3v) is 5.88. The number of carbonyl (C=O) groups excluding carboxylic acids is 1. The summed E-state index contributed by atoms with van der Waals surface area (Å²) < 4.78 is 16.2. The number of aryl methyl sites for hydroxylation is 2. The van der Waals surface area contributed by atoms with Gasteiger partial charge < -0.3 is 14.4 Å². The van der Waals surface area contributed by atoms with Gasteiger partial charge in [-0.3, -0.25) is 4.79 Å². The molecule has 5 nitrogen and oxygen atoms in total. The van der Waals surface area contributed by atoms with Gasteiger partial charge in [0.1, 0.15) is 11.5 Å². The van der Waals surface area contributed by atoms with Crippen LogP contribution >= 0.6 is 0 Å². The lowest BCUT2D eigenvalue weighted by Crippen LogP contribution is -2.44. The van der Waals surface area contributed by atoms with Gasteiger partial charge in [0.25, 0.3) is 0 Å². The van der Waals surface area contributed by atoms with Crippen LogP contribution < -0.4 is 4.90 Å². The highest BCUT2D eigenvalue weighted by atomic mass is 19.1. The minimum Gasteiger partial charge on any atom is -0.369 e. The number of anilines is 1. The van der Waals surface area contributed by atoms with Gasteiger partial charge in [0, 0.05) is 56.5 Å². The number of imidazole rings is 1. The number of hydrogen-bond acceptors (Lipinski definition) is 4. The monoisotopic (exact) mass is 430 g/mol. The molecule has 4 rings (SSSR count). The summed E-state index contributed by atoms with van der Waals surface area (Å²) in [4.78, 5) is 21.5. The van der Waals surface area contributed by atoms with Crippen molar-refractivity contribution in [3.63, 3.8) is 0 Å². The van der Waals surface area contributed by atoms with Gasteiger partial charge in [0.05, 0.1) is 12.5 Å². The van der Waals surface area contributed by atoms with E-state index in [2.05, 4.69) is 33.7 Å². The molecule has 1 fully saturated rings. The predicted molar refractivity (Wildman–Crippen MR) is 125 cm³/mol. The Morgan fingerprint density at radius 1 is 1.06 bits per heavy atom. The van der Waals surface area contributed by atoms with Crippen LogP contribution in [0.1, 0.15) is 32.7 Å². The highest BCUT2D eigenvalue weighted by Gasteiger charge is 2.17. The van der Waals surface area contributed by atoms with Gasteiger partial charge in [0.2, 0.25) is 0 Å². The second kappa shape index (κ2) is 9.37. The number of piperazine rings is 1. The van der Waals surface area contributed by atoms with Gasteiger partial charge >= 0.3 is 0 Å². The highest BCUT2D eigenvalue weighted by Crippen LogP contribution is 2.22. The Kier molecular flexibility index (Phi) is 6.38. The van der Waals surface area contributed by atoms with E-state index < -0.39 is 0 Å². The van der Waals surface area contributed by atoms with Gasteiger partial charge in [-0.2, -0.15) is 0 Å². The number of aromatic nitrogens is 2. The van der Waals surface area contributed by atoms with Crippen LogP contribution in [-0.2, 0) is 13.5 Å². The number of rotatable bonds is 4. The lowest BCUT2D eigenvalue weighted by Gasteiger charge is -2.34. The summed E-state index contributed by atoms with van der Waals surface area (Å²) in [5.41, 5.74) is 4.71. The summed E-state index contributed by atoms with van der Waals surface area (Å²) in [6.07, 6.45) is 3.56. The normalized spacial score (nSPS) is 14.2. The molecule has 1 saturated heterocycles. The van der Waals surface area contributed by atoms with Gasteiger partial charge in [-0.05, 0) is 55.3 Å². The maximum atomic E-state index is 14.3. The fourth-order valence-corrected chi connectivity index (χ4v) is 3.81. The topological polar surface area (TPSA) is 41.4 Å². The van der Waals surface area contributed by atoms with Gasteiger partial charge in [0.15, 0.2) is 5.78 Å². The van der Waals surface area contributed by atoms with E-state index in [9.17, 15) is 9.18 Å². The van der Waals surface area contributed by atoms with E-state index in [-0.39, 0.29) is 18.0 Å². The molecule has 164 valence electrons. The summed E-state index contributed by atoms with van der Waals surface area (Å²) in [6, 6.07) is 10.5. The molecule has 0 unspecified atom stereocenters. The SMILES string of the molecule is Cc1ccc(C(=O)Cc2cc(F)cc(N3CCN(C)CC3)c2)cc1C#Cc1cncn1C. The molecule has 2 aromatic carbocycles. The van der Waals surface area contributed by atoms with E-state index in [0.717, 1.165) is 48.7 Å². The average molecular weight is 431 g/mol. The number of benzene rings is 2. The van der Waals surface area contributed by atoms with Crippen LogP contribution in [0.4, 0.5) is 10.1 Å². The summed E-state index contributed by atoms with van der Waals surface area (Å²) in [6.45, 7) is 5.55. The molecule has 0 saturated carbocycles. The molecule has 2 heterocycles. The van der Waals surface area contributed by atoms with Crippen molar-refractivity contribution in [3.8, 4) is 11.8 Å². The smallest absolute Gasteiger partial charge is 0.167 e. The minimum absolute atomic E-state index is 0.0523. The second-order valence-electron chi connectivity index (χ2n) is 8.38. The Morgan fingerprint density at radius 3 is 2.56 bits per heavy atom. The van der Waals surface area contributed by atoms with Crippen molar-refractivity contribution in [3.05, 3.63) is 82.7 Å². The third kappa shape index (κ3) is 5.06. The molecule has 1 aromatic heterocycles. The van der Waals surface area contributed by atoms with E-state index in [4.69, 9.17) is 0 Å². The van der Waals surface area contributed by atoms with Crippen molar-refractivity contribution in [2.24, 2.45) is 7.05 Å². The number of ketones is 1. The zero-order valence-electron chi connectivity index (χ0n) is 18.7. The Hall–Kier alpha value is -3.43. The third-order valence-electron chi connectivity index (χ3n) is 5.88. The van der Waals surface area contributed by atoms with E-state index in [0.29, 0.717) is 11.1 Å². The molecule has 32 heavy (non-hydrogen) atoms. The lowest BCUT2D eigenvalue weighted by molar-refractivity contribution is 0.0993. The molecule has 1 aliphatic rings. The second-order valence-corrected chi connectivity index (χ2v) is 8.38. The molecule has 0 atom stereocenters. The molecule has 0 N–H and O–H groups in total. The Labute approximate surface area is 188 Å². The van der Waals surface area contributed by atoms with Crippen LogP contribution in [0.25, 0.3) is 0 Å². The summed E-state index contributed by atoms with van der Waals surface area (Å²) in [5, 5.41) is 0. The highest BCUT2D eigenvalue weighted by molar-refractivity contribution is 5.98. The van der Waals surface area contributed by atoms with Crippen molar-refractivity contribution >= 4 is 11.5 Å². The number of hydrogen-bond donors (Lipinski definition) is 0. The minimum atomic E-state index is -0.309. The van der Waals surface area contributed by atoms with Crippen molar-refractivity contribution in [2.45, 2.75) is 13.3 Å². The maximum absolute atomic E-state index is 14.3. The maximum Gasteiger partial charge on any atom is 0.167 e. The summed E-state index contributed by atoms with van der Waals surface area (Å²) in [5.74, 6) is 5.89. The Morgan fingerprint density at radius 2 is 1.84 bits per heavy atom. The van der Waals surface area contributed by atoms with Crippen molar-refractivity contribution in [1.29, 1.82) is 0 Å². The molecule has 0 amide bonds. The first-order chi connectivity index (χ1) is 15.4. The lowest BCUT2D eigenvalue weighted by atomic mass is 9.98. The van der Waals surface area contributed by atoms with Gasteiger partial charge in [-0.1, -0.05) is 18.1 Å². The van der Waals surface area contributed by atoms with E-state index in [1.54, 1.807) is 18.6 Å². The van der Waals surface area contributed by atoms with Crippen LogP contribution in [0.5, 0.6) is 0 Å². The number of likely N-dealkylation sites (N-methyl/N-ethyl adjacent to an activating group) is 1. The van der Waals surface area contributed by atoms with Crippen molar-refractivity contribution in [2.75, 3.05) is 38.1 Å². The van der Waals surface area contributed by atoms with Crippen molar-refractivity contribution in [1.82, 2.24) is 14.5 Å². The van der Waals surface area contributed by atoms with Crippen LogP contribution in [0, 0.1) is 24.6 Å². The average Bonchev–Trinajstić information content (AvgIpc) is 3.18. The molecule has 1 aliphatic heterocycles. The molecule has 0 aliphatic carbocycles. The molecule has 6 heteroatoms. The molecule has 0 spiro atoms. The first-order valence-electron chi connectivity index (χ1n) is 10.7. The Bertz CT molecular complexity index is 1200. The van der Waals surface area contributed by atoms with Crippen LogP contribution in [0.15, 0.2) is 48.9 Å². The van der Waals surface area contributed by atoms with E-state index in [1.165, 1.54) is 6.07 Å². The van der Waals surface area contributed by atoms with E-state index >= 15 is 0 Å². The van der Waals surface area contributed by atoms with Gasteiger partial charge in [-0.25, -0.2) is 9.37 Å². The molecule has 0 bridgehead atoms. The quantitative estimate of drug-likeness (QED) is 0.470. The summed E-state index contributed by atoms with van der Waals surface area (Å²) >= 11 is 0. The summed E-state index contributed by atoms with van der Waals surface area (Å²) in [7, 11) is 3.98. The number of Topliss-reactive ketones (excluding diaryl/α,β-unsaturated/α-hetero) is 1. The Balaban J connectivity index is 1.53. The zero-order valence-corrected chi connectivity index (χ0v) is 18.7. The van der Waals surface area contributed by atoms with E-state index in [1.807, 2.05) is 42.8 Å². The number of nitrogens with zero attached hydrogens (tertiary/aromatic N) is 4. The van der Waals surface area contributed by atoms with Crippen molar-refractivity contribution < 1.29 is 9.18 Å². The van der Waals surface area contributed by atoms with Crippen LogP contribution in [0.2, 0.25) is 0 Å². The number of carbonyl (C=O) groups is 1. The first-order valence-corrected chi connectivity index (χ1v) is 10.7. The fourth-order valence-electron chi connectivity index (χ4n) is 3.81. The fraction of sp³-hybridized carbons (Fsp3) is 0.308.